The van der Waals surface area contributed by atoms with Gasteiger partial charge in [0, 0.05) is 11.4 Å². The van der Waals surface area contributed by atoms with Crippen LogP contribution < -0.4 is 5.73 Å². The van der Waals surface area contributed by atoms with Crippen LogP contribution in [0.5, 0.6) is 0 Å². The van der Waals surface area contributed by atoms with Crippen LogP contribution in [0.15, 0.2) is 30.3 Å². The molecule has 22 heavy (non-hydrogen) atoms. The molecule has 0 spiro atoms. The number of nitriles is 1. The molecule has 0 aliphatic rings. The minimum Gasteiger partial charge on any atom is -0.305 e. The lowest BCUT2D eigenvalue weighted by molar-refractivity contribution is 0.224. The summed E-state index contributed by atoms with van der Waals surface area (Å²) < 4.78 is 28.8. The van der Waals surface area contributed by atoms with Crippen LogP contribution in [-0.4, -0.2) is 19.2 Å². The first-order valence-electron chi connectivity index (χ1n) is 6.56. The van der Waals surface area contributed by atoms with Gasteiger partial charge in [-0.05, 0) is 43.2 Å². The Morgan fingerprint density at radius 3 is 2.36 bits per heavy atom. The molecule has 1 unspecified atom stereocenters. The Morgan fingerprint density at radius 1 is 1.27 bits per heavy atom. The van der Waals surface area contributed by atoms with Gasteiger partial charge in [0.25, 0.3) is 10.1 Å². The molecule has 2 rings (SSSR count). The van der Waals surface area contributed by atoms with Crippen LogP contribution in [0.25, 0.3) is 5.69 Å². The molecule has 0 aliphatic carbocycles. The van der Waals surface area contributed by atoms with Crippen molar-refractivity contribution in [2.75, 3.05) is 6.26 Å². The van der Waals surface area contributed by atoms with Crippen molar-refractivity contribution in [3.05, 3.63) is 52.8 Å². The van der Waals surface area contributed by atoms with Crippen molar-refractivity contribution in [2.24, 2.45) is 5.73 Å². The van der Waals surface area contributed by atoms with Crippen LogP contribution in [0, 0.1) is 25.2 Å². The van der Waals surface area contributed by atoms with Crippen molar-refractivity contribution in [3.8, 4) is 11.8 Å². The molecule has 1 atom stereocenters. The van der Waals surface area contributed by atoms with Crippen LogP contribution >= 0.6 is 0 Å². The Labute approximate surface area is 129 Å². The van der Waals surface area contributed by atoms with Crippen LogP contribution in [0.2, 0.25) is 0 Å². The number of aromatic nitrogens is 1. The molecule has 1 aromatic heterocycles. The van der Waals surface area contributed by atoms with E-state index in [2.05, 4.69) is 6.07 Å². The van der Waals surface area contributed by atoms with Gasteiger partial charge in [0.05, 0.1) is 6.26 Å². The van der Waals surface area contributed by atoms with E-state index >= 15 is 0 Å². The van der Waals surface area contributed by atoms with Crippen LogP contribution in [0.3, 0.4) is 0 Å². The molecule has 1 heterocycles. The number of rotatable bonds is 4. The SMILES string of the molecule is Cc1cc(C#N)n(-c2ccc(C(N)OS(C)(=O)=O)cc2)c1C. The first-order valence-corrected chi connectivity index (χ1v) is 8.38. The predicted molar refractivity (Wildman–Crippen MR) is 82.8 cm³/mol. The maximum Gasteiger partial charge on any atom is 0.266 e. The maximum atomic E-state index is 11.1. The molecule has 0 aliphatic heterocycles. The fraction of sp³-hybridized carbons (Fsp3) is 0.267. The third-order valence-corrected chi connectivity index (χ3v) is 3.93. The molecule has 7 heteroatoms. The molecule has 2 aromatic rings. The van der Waals surface area contributed by atoms with Gasteiger partial charge in [0.1, 0.15) is 11.8 Å². The van der Waals surface area contributed by atoms with Crippen molar-refractivity contribution in [1.82, 2.24) is 4.57 Å². The van der Waals surface area contributed by atoms with E-state index in [0.717, 1.165) is 23.2 Å². The van der Waals surface area contributed by atoms with E-state index in [0.29, 0.717) is 11.3 Å². The average Bonchev–Trinajstić information content (AvgIpc) is 2.72. The fourth-order valence-electron chi connectivity index (χ4n) is 2.20. The van der Waals surface area contributed by atoms with Gasteiger partial charge >= 0.3 is 0 Å². The Bertz CT molecular complexity index is 830. The van der Waals surface area contributed by atoms with Gasteiger partial charge in [-0.15, -0.1) is 0 Å². The van der Waals surface area contributed by atoms with Gasteiger partial charge < -0.3 is 10.3 Å². The minimum atomic E-state index is -3.62. The molecule has 6 nitrogen and oxygen atoms in total. The second-order valence-corrected chi connectivity index (χ2v) is 6.66. The summed E-state index contributed by atoms with van der Waals surface area (Å²) in [5.74, 6) is 0. The summed E-state index contributed by atoms with van der Waals surface area (Å²) >= 11 is 0. The van der Waals surface area contributed by atoms with Crippen molar-refractivity contribution in [3.63, 3.8) is 0 Å². The Balaban J connectivity index is 2.36. The van der Waals surface area contributed by atoms with E-state index in [-0.39, 0.29) is 0 Å². The first kappa shape index (κ1) is 16.2. The van der Waals surface area contributed by atoms with Crippen molar-refractivity contribution >= 4 is 10.1 Å². The summed E-state index contributed by atoms with van der Waals surface area (Å²) in [5, 5.41) is 9.21. The highest BCUT2D eigenvalue weighted by atomic mass is 32.2. The largest absolute Gasteiger partial charge is 0.305 e. The van der Waals surface area contributed by atoms with E-state index in [4.69, 9.17) is 9.92 Å². The van der Waals surface area contributed by atoms with Crippen molar-refractivity contribution < 1.29 is 12.6 Å². The lowest BCUT2D eigenvalue weighted by Gasteiger charge is -2.13. The highest BCUT2D eigenvalue weighted by Gasteiger charge is 2.14. The summed E-state index contributed by atoms with van der Waals surface area (Å²) in [4.78, 5) is 0. The molecule has 0 amide bonds. The lowest BCUT2D eigenvalue weighted by atomic mass is 10.2. The molecule has 0 bridgehead atoms. The number of aryl methyl sites for hydroxylation is 1. The smallest absolute Gasteiger partial charge is 0.266 e. The third kappa shape index (κ3) is 3.36. The van der Waals surface area contributed by atoms with E-state index in [1.54, 1.807) is 24.3 Å². The summed E-state index contributed by atoms with van der Waals surface area (Å²) in [6.07, 6.45) is -0.0983. The van der Waals surface area contributed by atoms with Gasteiger partial charge in [-0.1, -0.05) is 12.1 Å². The van der Waals surface area contributed by atoms with Gasteiger partial charge in [-0.2, -0.15) is 13.7 Å². The number of hydrogen-bond donors (Lipinski definition) is 1. The second kappa shape index (κ2) is 5.93. The predicted octanol–water partition coefficient (Wildman–Crippen LogP) is 1.90. The Morgan fingerprint density at radius 2 is 1.86 bits per heavy atom. The standard InChI is InChI=1S/C15H17N3O3S/c1-10-8-14(9-16)18(11(10)2)13-6-4-12(5-7-13)15(17)21-22(3,19)20/h4-8,15H,17H2,1-3H3. The van der Waals surface area contributed by atoms with Gasteiger partial charge in [0.2, 0.25) is 0 Å². The molecule has 0 radical (unpaired) electrons. The quantitative estimate of drug-likeness (QED) is 0.685. The Kier molecular flexibility index (Phi) is 4.37. The first-order chi connectivity index (χ1) is 10.2. The monoisotopic (exact) mass is 319 g/mol. The average molecular weight is 319 g/mol. The second-order valence-electron chi connectivity index (χ2n) is 5.06. The van der Waals surface area contributed by atoms with E-state index < -0.39 is 16.3 Å². The molecule has 1 aromatic carbocycles. The fourth-order valence-corrected chi connectivity index (χ4v) is 2.69. The zero-order valence-electron chi connectivity index (χ0n) is 12.6. The number of benzene rings is 1. The third-order valence-electron chi connectivity index (χ3n) is 3.37. The molecule has 116 valence electrons. The van der Waals surface area contributed by atoms with Gasteiger partial charge in [-0.25, -0.2) is 4.18 Å². The van der Waals surface area contributed by atoms with Crippen molar-refractivity contribution in [1.29, 1.82) is 5.26 Å². The molecular formula is C15H17N3O3S. The summed E-state index contributed by atoms with van der Waals surface area (Å²) in [5.41, 5.74) is 9.58. The topological polar surface area (TPSA) is 98.1 Å². The zero-order valence-corrected chi connectivity index (χ0v) is 13.4. The molecule has 0 saturated carbocycles. The number of nitrogens with two attached hydrogens (primary N) is 1. The normalized spacial score (nSPS) is 12.9. The Hall–Kier alpha value is -2.14. The minimum absolute atomic E-state index is 0.536. The molecule has 0 saturated heterocycles. The number of nitrogens with zero attached hydrogens (tertiary/aromatic N) is 2. The summed E-state index contributed by atoms with van der Waals surface area (Å²) in [6, 6.07) is 10.9. The van der Waals surface area contributed by atoms with E-state index in [1.807, 2.05) is 24.5 Å². The van der Waals surface area contributed by atoms with Crippen molar-refractivity contribution in [2.45, 2.75) is 20.1 Å². The van der Waals surface area contributed by atoms with Crippen LogP contribution in [0.1, 0.15) is 28.7 Å². The van der Waals surface area contributed by atoms with Gasteiger partial charge in [-0.3, -0.25) is 0 Å². The molecule has 0 fully saturated rings. The summed E-state index contributed by atoms with van der Waals surface area (Å²) in [6.45, 7) is 3.87. The highest BCUT2D eigenvalue weighted by molar-refractivity contribution is 7.86. The zero-order chi connectivity index (χ0) is 16.5. The van der Waals surface area contributed by atoms with E-state index in [1.165, 1.54) is 0 Å². The maximum absolute atomic E-state index is 11.1. The van der Waals surface area contributed by atoms with E-state index in [9.17, 15) is 13.7 Å². The molecular weight excluding hydrogens is 302 g/mol. The van der Waals surface area contributed by atoms with Crippen LogP contribution in [0.4, 0.5) is 0 Å². The number of hydrogen-bond acceptors (Lipinski definition) is 5. The van der Waals surface area contributed by atoms with Crippen LogP contribution in [-0.2, 0) is 14.3 Å². The van der Waals surface area contributed by atoms with Gasteiger partial charge in [0.15, 0.2) is 6.23 Å². The lowest BCUT2D eigenvalue weighted by Crippen LogP contribution is -2.18. The highest BCUT2D eigenvalue weighted by Crippen LogP contribution is 2.22. The summed E-state index contributed by atoms with van der Waals surface area (Å²) in [7, 11) is -3.62. The molecule has 2 N–H and O–H groups in total.